The van der Waals surface area contributed by atoms with E-state index in [4.69, 9.17) is 4.74 Å². The van der Waals surface area contributed by atoms with E-state index in [1.165, 1.54) is 5.56 Å². The molecule has 0 aromatic heterocycles. The second kappa shape index (κ2) is 10.8. The zero-order valence-corrected chi connectivity index (χ0v) is 19.8. The van der Waals surface area contributed by atoms with Crippen LogP contribution in [0.15, 0.2) is 33.7 Å². The number of aliphatic hydroxyl groups is 1. The quantitative estimate of drug-likeness (QED) is 0.282. The molecule has 0 aliphatic carbocycles. The van der Waals surface area contributed by atoms with Crippen molar-refractivity contribution in [2.24, 2.45) is 10.4 Å². The van der Waals surface area contributed by atoms with Gasteiger partial charge in [-0.1, -0.05) is 48.0 Å². The Kier molecular flexibility index (Phi) is 9.85. The lowest BCUT2D eigenvalue weighted by atomic mass is 9.84. The average molecular weight is 540 g/mol. The molecular weight excluding hydrogens is 509 g/mol. The number of hydrogen-bond acceptors (Lipinski definition) is 3. The monoisotopic (exact) mass is 539 g/mol. The molecule has 0 amide bonds. The van der Waals surface area contributed by atoms with Crippen LogP contribution in [-0.2, 0) is 10.2 Å². The second-order valence-electron chi connectivity index (χ2n) is 7.42. The summed E-state index contributed by atoms with van der Waals surface area (Å²) in [4.78, 5) is 4.34. The number of nitrogens with zero attached hydrogens (tertiary/aromatic N) is 1. The summed E-state index contributed by atoms with van der Waals surface area (Å²) < 4.78 is 6.67. The molecule has 1 heterocycles. The van der Waals surface area contributed by atoms with E-state index in [-0.39, 0.29) is 41.4 Å². The Morgan fingerprint density at radius 1 is 1.35 bits per heavy atom. The lowest BCUT2D eigenvalue weighted by Gasteiger charge is -2.30. The van der Waals surface area contributed by atoms with Gasteiger partial charge < -0.3 is 20.5 Å². The van der Waals surface area contributed by atoms with E-state index >= 15 is 0 Å². The Balaban J connectivity index is 0.00000338. The highest BCUT2D eigenvalue weighted by atomic mass is 127. The number of nitrogens with one attached hydrogen (secondary N) is 2. The van der Waals surface area contributed by atoms with Crippen LogP contribution < -0.4 is 10.6 Å². The van der Waals surface area contributed by atoms with Crippen LogP contribution in [0.3, 0.4) is 0 Å². The molecule has 1 unspecified atom stereocenters. The molecule has 1 aromatic carbocycles. The smallest absolute Gasteiger partial charge is 0.191 e. The van der Waals surface area contributed by atoms with E-state index < -0.39 is 0 Å². The minimum Gasteiger partial charge on any atom is -0.396 e. The summed E-state index contributed by atoms with van der Waals surface area (Å²) in [5, 5.41) is 16.2. The van der Waals surface area contributed by atoms with Gasteiger partial charge in [-0.3, -0.25) is 4.99 Å². The number of benzene rings is 1. The van der Waals surface area contributed by atoms with Gasteiger partial charge in [0, 0.05) is 48.7 Å². The number of halogens is 2. The summed E-state index contributed by atoms with van der Waals surface area (Å²) >= 11 is 3.64. The Labute approximate surface area is 182 Å². The molecule has 148 valence electrons. The van der Waals surface area contributed by atoms with E-state index in [0.717, 1.165) is 43.0 Å². The van der Waals surface area contributed by atoms with Crippen molar-refractivity contribution in [1.82, 2.24) is 10.6 Å². The predicted octanol–water partition coefficient (Wildman–Crippen LogP) is 3.30. The molecule has 0 spiro atoms. The molecule has 5 nitrogen and oxygen atoms in total. The van der Waals surface area contributed by atoms with Crippen LogP contribution in [0, 0.1) is 5.41 Å². The first-order valence-corrected chi connectivity index (χ1v) is 9.60. The molecule has 1 fully saturated rings. The minimum atomic E-state index is -0.0447. The molecular formula is C19H31BrIN3O2. The van der Waals surface area contributed by atoms with Crippen molar-refractivity contribution in [2.45, 2.75) is 32.1 Å². The van der Waals surface area contributed by atoms with Crippen LogP contribution in [0.2, 0.25) is 0 Å². The lowest BCUT2D eigenvalue weighted by Crippen LogP contribution is -2.47. The van der Waals surface area contributed by atoms with Crippen LogP contribution in [0.25, 0.3) is 0 Å². The van der Waals surface area contributed by atoms with Gasteiger partial charge in [0.1, 0.15) is 0 Å². The number of ether oxygens (including phenoxy) is 1. The third-order valence-corrected chi connectivity index (χ3v) is 5.67. The largest absolute Gasteiger partial charge is 0.396 e. The van der Waals surface area contributed by atoms with Crippen molar-refractivity contribution in [1.29, 1.82) is 0 Å². The van der Waals surface area contributed by atoms with Crippen molar-refractivity contribution in [3.05, 3.63) is 34.3 Å². The highest BCUT2D eigenvalue weighted by molar-refractivity contribution is 14.0. The fourth-order valence-corrected chi connectivity index (χ4v) is 4.03. The highest BCUT2D eigenvalue weighted by Crippen LogP contribution is 2.31. The van der Waals surface area contributed by atoms with Crippen LogP contribution in [-0.4, -0.2) is 51.0 Å². The van der Waals surface area contributed by atoms with E-state index in [2.05, 4.69) is 63.6 Å². The summed E-state index contributed by atoms with van der Waals surface area (Å²) in [7, 11) is 1.78. The first-order valence-electron chi connectivity index (χ1n) is 8.81. The van der Waals surface area contributed by atoms with Gasteiger partial charge in [-0.05, 0) is 24.5 Å². The number of aliphatic hydroxyl groups excluding tert-OH is 1. The number of rotatable bonds is 7. The third-order valence-electron chi connectivity index (χ3n) is 4.98. The Morgan fingerprint density at radius 2 is 2.08 bits per heavy atom. The van der Waals surface area contributed by atoms with Crippen molar-refractivity contribution >= 4 is 45.9 Å². The third kappa shape index (κ3) is 6.35. The normalized spacial score (nSPS) is 20.6. The molecule has 1 aliphatic rings. The van der Waals surface area contributed by atoms with Gasteiger partial charge in [0.05, 0.1) is 6.61 Å². The van der Waals surface area contributed by atoms with Gasteiger partial charge in [0.15, 0.2) is 5.96 Å². The highest BCUT2D eigenvalue weighted by Gasteiger charge is 2.34. The molecule has 1 saturated heterocycles. The Morgan fingerprint density at radius 3 is 2.65 bits per heavy atom. The van der Waals surface area contributed by atoms with E-state index in [1.54, 1.807) is 7.05 Å². The van der Waals surface area contributed by atoms with Crippen molar-refractivity contribution in [3.63, 3.8) is 0 Å². The standard InChI is InChI=1S/C19H30BrN3O2.HI/c1-18(2,15-6-4-5-7-16(15)20)12-22-17(21-3)23-13-19(8-10-24)9-11-25-14-19;/h4-7,24H,8-14H2,1-3H3,(H2,21,22,23);1H. The maximum Gasteiger partial charge on any atom is 0.191 e. The molecule has 3 N–H and O–H groups in total. The molecule has 1 aliphatic heterocycles. The Bertz CT molecular complexity index is 590. The van der Waals surface area contributed by atoms with Gasteiger partial charge in [0.2, 0.25) is 0 Å². The van der Waals surface area contributed by atoms with E-state index in [0.29, 0.717) is 6.61 Å². The average Bonchev–Trinajstić information content (AvgIpc) is 3.04. The van der Waals surface area contributed by atoms with Gasteiger partial charge in [-0.25, -0.2) is 0 Å². The second-order valence-corrected chi connectivity index (χ2v) is 8.27. The zero-order valence-electron chi connectivity index (χ0n) is 15.8. The molecule has 2 rings (SSSR count). The maximum absolute atomic E-state index is 9.34. The molecule has 0 radical (unpaired) electrons. The fraction of sp³-hybridized carbons (Fsp3) is 0.632. The van der Waals surface area contributed by atoms with Crippen molar-refractivity contribution in [2.75, 3.05) is 40.0 Å². The van der Waals surface area contributed by atoms with E-state index in [9.17, 15) is 5.11 Å². The summed E-state index contributed by atoms with van der Waals surface area (Å²) in [6.45, 7) is 7.59. The zero-order chi connectivity index (χ0) is 18.3. The number of aliphatic imine (C=N–C) groups is 1. The molecule has 26 heavy (non-hydrogen) atoms. The summed E-state index contributed by atoms with van der Waals surface area (Å²) in [5.74, 6) is 0.782. The number of guanidine groups is 1. The predicted molar refractivity (Wildman–Crippen MR) is 122 cm³/mol. The molecule has 1 aromatic rings. The van der Waals surface area contributed by atoms with Crippen LogP contribution in [0.5, 0.6) is 0 Å². The first-order chi connectivity index (χ1) is 11.9. The SMILES string of the molecule is CN=C(NCC1(CCO)CCOC1)NCC(C)(C)c1ccccc1Br.I. The van der Waals surface area contributed by atoms with Crippen LogP contribution in [0.4, 0.5) is 0 Å². The summed E-state index contributed by atoms with van der Waals surface area (Å²) in [5.41, 5.74) is 1.22. The first kappa shape index (κ1) is 23.7. The molecule has 0 bridgehead atoms. The minimum absolute atomic E-state index is 0. The molecule has 1 atom stereocenters. The fourth-order valence-electron chi connectivity index (χ4n) is 3.21. The summed E-state index contributed by atoms with van der Waals surface area (Å²) in [6, 6.07) is 8.31. The van der Waals surface area contributed by atoms with Gasteiger partial charge >= 0.3 is 0 Å². The topological polar surface area (TPSA) is 65.9 Å². The Hall–Kier alpha value is -0.380. The van der Waals surface area contributed by atoms with E-state index in [1.807, 2.05) is 6.07 Å². The lowest BCUT2D eigenvalue weighted by molar-refractivity contribution is 0.127. The summed E-state index contributed by atoms with van der Waals surface area (Å²) in [6.07, 6.45) is 1.72. The van der Waals surface area contributed by atoms with Gasteiger partial charge in [-0.2, -0.15) is 0 Å². The van der Waals surface area contributed by atoms with Gasteiger partial charge in [0.25, 0.3) is 0 Å². The number of hydrogen-bond donors (Lipinski definition) is 3. The van der Waals surface area contributed by atoms with Crippen LogP contribution in [0.1, 0.15) is 32.3 Å². The van der Waals surface area contributed by atoms with Crippen molar-refractivity contribution in [3.8, 4) is 0 Å². The molecule has 7 heteroatoms. The van der Waals surface area contributed by atoms with Gasteiger partial charge in [-0.15, -0.1) is 24.0 Å². The van der Waals surface area contributed by atoms with Crippen molar-refractivity contribution < 1.29 is 9.84 Å². The molecule has 0 saturated carbocycles. The maximum atomic E-state index is 9.34. The van der Waals surface area contributed by atoms with Crippen LogP contribution >= 0.6 is 39.9 Å².